The molecule has 0 atom stereocenters. The third-order valence-corrected chi connectivity index (χ3v) is 10.3. The summed E-state index contributed by atoms with van der Waals surface area (Å²) in [6.45, 7) is 0. The van der Waals surface area contributed by atoms with E-state index in [1.165, 1.54) is 43.6 Å². The van der Waals surface area contributed by atoms with Gasteiger partial charge in [-0.25, -0.2) is 9.97 Å². The molecule has 252 valence electrons. The van der Waals surface area contributed by atoms with Crippen LogP contribution in [0.25, 0.3) is 99.6 Å². The fraction of sp³-hybridized carbons (Fsp3) is 0. The summed E-state index contributed by atoms with van der Waals surface area (Å²) in [5.41, 5.74) is 11.7. The molecule has 0 saturated heterocycles. The number of nitrogens with zero attached hydrogens (tertiary/aromatic N) is 3. The van der Waals surface area contributed by atoms with Gasteiger partial charge in [0.2, 0.25) is 0 Å². The molecule has 0 unspecified atom stereocenters. The zero-order chi connectivity index (χ0) is 35.8. The van der Waals surface area contributed by atoms with E-state index in [0.29, 0.717) is 5.82 Å². The van der Waals surface area contributed by atoms with E-state index in [1.54, 1.807) is 6.20 Å². The van der Waals surface area contributed by atoms with Crippen LogP contribution in [-0.2, 0) is 0 Å². The normalized spacial score (nSPS) is 11.3. The molecule has 10 aromatic rings. The molecule has 2 heterocycles. The Labute approximate surface area is 313 Å². The van der Waals surface area contributed by atoms with Crippen molar-refractivity contribution in [2.24, 2.45) is 0 Å². The van der Waals surface area contributed by atoms with Gasteiger partial charge in [0, 0.05) is 34.6 Å². The van der Waals surface area contributed by atoms with Crippen LogP contribution in [0.3, 0.4) is 0 Å². The van der Waals surface area contributed by atoms with Gasteiger partial charge in [-0.15, -0.1) is 0 Å². The van der Waals surface area contributed by atoms with Gasteiger partial charge in [0.1, 0.15) is 0 Å². The monoisotopic (exact) mass is 687 g/mol. The fourth-order valence-corrected chi connectivity index (χ4v) is 7.87. The first-order valence-corrected chi connectivity index (χ1v) is 18.3. The lowest BCUT2D eigenvalue weighted by Crippen LogP contribution is -1.97. The molecule has 54 heavy (non-hydrogen) atoms. The van der Waals surface area contributed by atoms with Crippen molar-refractivity contribution in [2.75, 3.05) is 0 Å². The Balaban J connectivity index is 1.19. The van der Waals surface area contributed by atoms with Crippen molar-refractivity contribution in [1.82, 2.24) is 15.0 Å². The van der Waals surface area contributed by atoms with Crippen LogP contribution in [0.15, 0.2) is 200 Å². The number of benzene rings is 8. The van der Waals surface area contributed by atoms with Gasteiger partial charge in [0.05, 0.1) is 11.4 Å². The second kappa shape index (κ2) is 13.4. The van der Waals surface area contributed by atoms with Gasteiger partial charge in [-0.1, -0.05) is 164 Å². The number of hydrogen-bond donors (Lipinski definition) is 0. The lowest BCUT2D eigenvalue weighted by atomic mass is 9.85. The molecule has 0 amide bonds. The maximum atomic E-state index is 5.32. The predicted octanol–water partition coefficient (Wildman–Crippen LogP) is 13.3. The van der Waals surface area contributed by atoms with Crippen LogP contribution in [0.4, 0.5) is 0 Å². The van der Waals surface area contributed by atoms with Crippen LogP contribution in [0.2, 0.25) is 0 Å². The standard InChI is InChI=1S/C51H33N3/c1-2-15-35(16-3-1)49-43-24-6-8-26-45(43)50(46-27-9-7-25-44(46)49)38-20-11-21-39(31-38)51-53-47(37-19-10-18-36(30-37)40-22-13-29-52-33-40)32-48(54-51)42-28-12-17-34-14-4-5-23-41(34)42/h1-33H. The van der Waals surface area contributed by atoms with Crippen molar-refractivity contribution < 1.29 is 0 Å². The van der Waals surface area contributed by atoms with E-state index in [0.717, 1.165) is 50.2 Å². The zero-order valence-electron chi connectivity index (χ0n) is 29.4. The van der Waals surface area contributed by atoms with E-state index in [4.69, 9.17) is 9.97 Å². The van der Waals surface area contributed by atoms with Gasteiger partial charge in [0.15, 0.2) is 5.82 Å². The Morgan fingerprint density at radius 1 is 0.315 bits per heavy atom. The van der Waals surface area contributed by atoms with E-state index in [1.807, 2.05) is 12.3 Å². The van der Waals surface area contributed by atoms with Crippen molar-refractivity contribution in [3.63, 3.8) is 0 Å². The minimum atomic E-state index is 0.679. The minimum absolute atomic E-state index is 0.679. The molecule has 8 aromatic carbocycles. The van der Waals surface area contributed by atoms with Gasteiger partial charge < -0.3 is 0 Å². The summed E-state index contributed by atoms with van der Waals surface area (Å²) in [7, 11) is 0. The Kier molecular flexibility index (Phi) is 7.81. The maximum absolute atomic E-state index is 5.32. The van der Waals surface area contributed by atoms with E-state index in [9.17, 15) is 0 Å². The van der Waals surface area contributed by atoms with Gasteiger partial charge in [-0.2, -0.15) is 0 Å². The first kappa shape index (κ1) is 31.5. The van der Waals surface area contributed by atoms with Gasteiger partial charge in [-0.3, -0.25) is 4.98 Å². The van der Waals surface area contributed by atoms with Gasteiger partial charge in [0.25, 0.3) is 0 Å². The number of rotatable bonds is 6. The summed E-state index contributed by atoms with van der Waals surface area (Å²) < 4.78 is 0. The number of aromatic nitrogens is 3. The molecule has 0 fully saturated rings. The lowest BCUT2D eigenvalue weighted by Gasteiger charge is -2.18. The molecule has 0 spiro atoms. The van der Waals surface area contributed by atoms with Crippen LogP contribution < -0.4 is 0 Å². The Morgan fingerprint density at radius 2 is 0.833 bits per heavy atom. The Bertz CT molecular complexity index is 2930. The molecule has 0 radical (unpaired) electrons. The smallest absolute Gasteiger partial charge is 0.160 e. The average molecular weight is 688 g/mol. The molecule has 0 aliphatic carbocycles. The number of pyridine rings is 1. The molecule has 0 N–H and O–H groups in total. The molecule has 10 rings (SSSR count). The largest absolute Gasteiger partial charge is 0.264 e. The SMILES string of the molecule is c1ccc(-c2c3ccccc3c(-c3cccc(-c4nc(-c5cccc(-c6cccnc6)c5)cc(-c5cccc6ccccc56)n4)c3)c3ccccc23)cc1. The molecular formula is C51H33N3. The highest BCUT2D eigenvalue weighted by Crippen LogP contribution is 2.44. The first-order valence-electron chi connectivity index (χ1n) is 18.3. The molecule has 0 saturated carbocycles. The van der Waals surface area contributed by atoms with Crippen molar-refractivity contribution in [3.8, 4) is 67.3 Å². The highest BCUT2D eigenvalue weighted by atomic mass is 14.9. The highest BCUT2D eigenvalue weighted by Gasteiger charge is 2.18. The summed E-state index contributed by atoms with van der Waals surface area (Å²) in [5.74, 6) is 0.679. The van der Waals surface area contributed by atoms with Crippen LogP contribution in [0.5, 0.6) is 0 Å². The van der Waals surface area contributed by atoms with Crippen LogP contribution in [0, 0.1) is 0 Å². The second-order valence-electron chi connectivity index (χ2n) is 13.6. The summed E-state index contributed by atoms with van der Waals surface area (Å²) in [6, 6.07) is 66.7. The van der Waals surface area contributed by atoms with E-state index < -0.39 is 0 Å². The molecule has 0 bridgehead atoms. The van der Waals surface area contributed by atoms with Gasteiger partial charge in [-0.05, 0) is 84.4 Å². The third-order valence-electron chi connectivity index (χ3n) is 10.3. The molecule has 2 aromatic heterocycles. The molecule has 0 aliphatic rings. The van der Waals surface area contributed by atoms with E-state index >= 15 is 0 Å². The summed E-state index contributed by atoms with van der Waals surface area (Å²) in [6.07, 6.45) is 3.70. The van der Waals surface area contributed by atoms with Crippen molar-refractivity contribution in [1.29, 1.82) is 0 Å². The van der Waals surface area contributed by atoms with Crippen LogP contribution in [0.1, 0.15) is 0 Å². The summed E-state index contributed by atoms with van der Waals surface area (Å²) in [4.78, 5) is 15.0. The average Bonchev–Trinajstić information content (AvgIpc) is 3.26. The minimum Gasteiger partial charge on any atom is -0.264 e. The molecule has 3 nitrogen and oxygen atoms in total. The topological polar surface area (TPSA) is 38.7 Å². The van der Waals surface area contributed by atoms with Crippen molar-refractivity contribution >= 4 is 32.3 Å². The zero-order valence-corrected chi connectivity index (χ0v) is 29.4. The number of hydrogen-bond acceptors (Lipinski definition) is 3. The van der Waals surface area contributed by atoms with E-state index in [-0.39, 0.29) is 0 Å². The molecular weight excluding hydrogens is 655 g/mol. The predicted molar refractivity (Wildman–Crippen MR) is 225 cm³/mol. The Morgan fingerprint density at radius 3 is 1.56 bits per heavy atom. The maximum Gasteiger partial charge on any atom is 0.160 e. The summed E-state index contributed by atoms with van der Waals surface area (Å²) >= 11 is 0. The first-order chi connectivity index (χ1) is 26.8. The highest BCUT2D eigenvalue weighted by molar-refractivity contribution is 6.21. The van der Waals surface area contributed by atoms with Crippen molar-refractivity contribution in [3.05, 3.63) is 200 Å². The molecule has 3 heteroatoms. The number of fused-ring (bicyclic) bond motifs is 3. The third kappa shape index (κ3) is 5.60. The van der Waals surface area contributed by atoms with Crippen molar-refractivity contribution in [2.45, 2.75) is 0 Å². The van der Waals surface area contributed by atoms with E-state index in [2.05, 4.69) is 187 Å². The van der Waals surface area contributed by atoms with Crippen LogP contribution >= 0.6 is 0 Å². The second-order valence-corrected chi connectivity index (χ2v) is 13.6. The fourth-order valence-electron chi connectivity index (χ4n) is 7.87. The Hall–Kier alpha value is -7.23. The molecule has 0 aliphatic heterocycles. The quantitative estimate of drug-likeness (QED) is 0.163. The summed E-state index contributed by atoms with van der Waals surface area (Å²) in [5, 5.41) is 7.22. The van der Waals surface area contributed by atoms with Gasteiger partial charge >= 0.3 is 0 Å². The van der Waals surface area contributed by atoms with Crippen LogP contribution in [-0.4, -0.2) is 15.0 Å². The lowest BCUT2D eigenvalue weighted by molar-refractivity contribution is 1.18.